The van der Waals surface area contributed by atoms with Crippen LogP contribution in [-0.2, 0) is 6.42 Å². The molecule has 2 aliphatic carbocycles. The van der Waals surface area contributed by atoms with Gasteiger partial charge in [0.15, 0.2) is 0 Å². The minimum Gasteiger partial charge on any atom is -0.251 e. The molecule has 4 rings (SSSR count). The average Bonchev–Trinajstić information content (AvgIpc) is 2.81. The first-order valence-electron chi connectivity index (χ1n) is 12.5. The number of aryl methyl sites for hydroxylation is 1. The van der Waals surface area contributed by atoms with Crippen molar-refractivity contribution >= 4 is 0 Å². The second-order valence-electron chi connectivity index (χ2n) is 9.94. The number of hydrogen-bond donors (Lipinski definition) is 0. The van der Waals surface area contributed by atoms with Gasteiger partial charge in [0.25, 0.3) is 0 Å². The Morgan fingerprint density at radius 1 is 0.700 bits per heavy atom. The maximum Gasteiger partial charge on any atom is 0.0897 e. The molecule has 0 bridgehead atoms. The molecule has 2 fully saturated rings. The minimum atomic E-state index is -0.122. The molecule has 0 amide bonds. The van der Waals surface area contributed by atoms with Gasteiger partial charge in [0.1, 0.15) is 0 Å². The van der Waals surface area contributed by atoms with Gasteiger partial charge < -0.3 is 0 Å². The Balaban J connectivity index is 1.29. The monoisotopic (exact) mass is 406 g/mol. The molecular formula is C29H39F. The molecule has 0 saturated heterocycles. The van der Waals surface area contributed by atoms with Gasteiger partial charge in [-0.3, -0.25) is 4.39 Å². The lowest BCUT2D eigenvalue weighted by Crippen LogP contribution is -2.25. The zero-order valence-electron chi connectivity index (χ0n) is 18.8. The largest absolute Gasteiger partial charge is 0.251 e. The van der Waals surface area contributed by atoms with E-state index in [2.05, 4.69) is 55.5 Å². The predicted octanol–water partition coefficient (Wildman–Crippen LogP) is 8.75. The Morgan fingerprint density at radius 3 is 1.77 bits per heavy atom. The molecule has 0 aromatic heterocycles. The highest BCUT2D eigenvalue weighted by Gasteiger charge is 2.31. The topological polar surface area (TPSA) is 0 Å². The van der Waals surface area contributed by atoms with Gasteiger partial charge >= 0.3 is 0 Å². The molecule has 0 heterocycles. The zero-order valence-corrected chi connectivity index (χ0v) is 18.8. The molecule has 2 saturated carbocycles. The van der Waals surface area contributed by atoms with E-state index in [-0.39, 0.29) is 6.67 Å². The molecule has 0 unspecified atom stereocenters. The number of hydrogen-bond acceptors (Lipinski definition) is 0. The third kappa shape index (κ3) is 5.34. The van der Waals surface area contributed by atoms with E-state index in [4.69, 9.17) is 0 Å². The van der Waals surface area contributed by atoms with E-state index >= 15 is 0 Å². The highest BCUT2D eigenvalue weighted by molar-refractivity contribution is 5.64. The van der Waals surface area contributed by atoms with E-state index in [1.165, 1.54) is 86.5 Å². The van der Waals surface area contributed by atoms with Crippen LogP contribution in [0.1, 0.15) is 88.2 Å². The van der Waals surface area contributed by atoms with Crippen molar-refractivity contribution < 1.29 is 4.39 Å². The Kier molecular flexibility index (Phi) is 7.63. The van der Waals surface area contributed by atoms with Crippen molar-refractivity contribution in [1.82, 2.24) is 0 Å². The van der Waals surface area contributed by atoms with E-state index in [0.29, 0.717) is 5.92 Å². The van der Waals surface area contributed by atoms with E-state index in [0.717, 1.165) is 24.2 Å². The predicted molar refractivity (Wildman–Crippen MR) is 127 cm³/mol. The van der Waals surface area contributed by atoms with Gasteiger partial charge in [-0.1, -0.05) is 74.7 Å². The summed E-state index contributed by atoms with van der Waals surface area (Å²) in [6.45, 7) is 2.11. The Bertz CT molecular complexity index is 744. The van der Waals surface area contributed by atoms with Crippen LogP contribution in [-0.4, -0.2) is 6.67 Å². The van der Waals surface area contributed by atoms with Crippen LogP contribution >= 0.6 is 0 Å². The summed E-state index contributed by atoms with van der Waals surface area (Å²) in [5.74, 6) is 3.25. The smallest absolute Gasteiger partial charge is 0.0897 e. The lowest BCUT2D eigenvalue weighted by molar-refractivity contribution is 0.153. The van der Waals surface area contributed by atoms with E-state index < -0.39 is 0 Å². The van der Waals surface area contributed by atoms with Gasteiger partial charge in [-0.05, 0) is 97.3 Å². The first-order chi connectivity index (χ1) is 14.8. The maximum absolute atomic E-state index is 12.6. The number of benzene rings is 2. The zero-order chi connectivity index (χ0) is 20.8. The van der Waals surface area contributed by atoms with Crippen molar-refractivity contribution in [1.29, 1.82) is 0 Å². The lowest BCUT2D eigenvalue weighted by Gasteiger charge is -2.38. The fourth-order valence-electron chi connectivity index (χ4n) is 6.13. The second-order valence-corrected chi connectivity index (χ2v) is 9.94. The lowest BCUT2D eigenvalue weighted by atomic mass is 9.68. The Morgan fingerprint density at radius 2 is 1.23 bits per heavy atom. The fourth-order valence-corrected chi connectivity index (χ4v) is 6.13. The number of alkyl halides is 1. The normalized spacial score (nSPS) is 27.1. The van der Waals surface area contributed by atoms with E-state index in [1.807, 2.05) is 0 Å². The molecule has 0 radical (unpaired) electrons. The molecule has 0 aliphatic heterocycles. The molecule has 2 aliphatic rings. The fraction of sp³-hybridized carbons (Fsp3) is 0.586. The quantitative estimate of drug-likeness (QED) is 0.431. The van der Waals surface area contributed by atoms with Crippen LogP contribution in [0.25, 0.3) is 11.1 Å². The van der Waals surface area contributed by atoms with Gasteiger partial charge in [0.2, 0.25) is 0 Å². The molecular weight excluding hydrogens is 367 g/mol. The summed E-state index contributed by atoms with van der Waals surface area (Å²) in [7, 11) is 0. The summed E-state index contributed by atoms with van der Waals surface area (Å²) in [6.07, 6.45) is 13.9. The first kappa shape index (κ1) is 21.6. The maximum atomic E-state index is 12.6. The third-order valence-corrected chi connectivity index (χ3v) is 8.06. The second kappa shape index (κ2) is 10.6. The molecule has 0 nitrogen and oxygen atoms in total. The van der Waals surface area contributed by atoms with Crippen LogP contribution in [0, 0.1) is 17.8 Å². The van der Waals surface area contributed by atoms with Gasteiger partial charge in [-0.2, -0.15) is 0 Å². The number of rotatable bonds is 7. The van der Waals surface area contributed by atoms with Crippen LogP contribution in [0.5, 0.6) is 0 Å². The molecule has 0 N–H and O–H groups in total. The molecule has 30 heavy (non-hydrogen) atoms. The standard InChI is InChI=1S/C29H39F/c1-2-3-22-4-8-24(9-5-22)26-12-16-28(17-13-26)29-18-14-27(15-19-29)25-10-6-23(7-11-25)20-21-30/h4-5,8-9,12-13,16-17,23,25,27,29H,2-3,6-7,10-11,14-15,18-21H2,1H3. The first-order valence-corrected chi connectivity index (χ1v) is 12.5. The molecule has 0 atom stereocenters. The summed E-state index contributed by atoms with van der Waals surface area (Å²) >= 11 is 0. The summed E-state index contributed by atoms with van der Waals surface area (Å²) < 4.78 is 12.6. The van der Waals surface area contributed by atoms with Crippen LogP contribution < -0.4 is 0 Å². The average molecular weight is 407 g/mol. The van der Waals surface area contributed by atoms with Gasteiger partial charge in [0.05, 0.1) is 6.67 Å². The van der Waals surface area contributed by atoms with Gasteiger partial charge in [-0.25, -0.2) is 0 Å². The van der Waals surface area contributed by atoms with Crippen molar-refractivity contribution in [3.05, 3.63) is 59.7 Å². The summed E-state index contributed by atoms with van der Waals surface area (Å²) in [5.41, 5.74) is 5.63. The van der Waals surface area contributed by atoms with E-state index in [1.54, 1.807) is 0 Å². The Hall–Kier alpha value is -1.63. The minimum absolute atomic E-state index is 0.122. The van der Waals surface area contributed by atoms with Gasteiger partial charge in [0, 0.05) is 0 Å². The van der Waals surface area contributed by atoms with E-state index in [9.17, 15) is 4.39 Å². The molecule has 2 aromatic rings. The van der Waals surface area contributed by atoms with Crippen molar-refractivity contribution in [2.75, 3.05) is 6.67 Å². The van der Waals surface area contributed by atoms with Crippen molar-refractivity contribution in [3.63, 3.8) is 0 Å². The molecule has 162 valence electrons. The summed E-state index contributed by atoms with van der Waals surface area (Å²) in [6, 6.07) is 18.5. The number of halogens is 1. The van der Waals surface area contributed by atoms with Crippen LogP contribution in [0.3, 0.4) is 0 Å². The summed E-state index contributed by atoms with van der Waals surface area (Å²) in [4.78, 5) is 0. The summed E-state index contributed by atoms with van der Waals surface area (Å²) in [5, 5.41) is 0. The Labute approximate surface area is 183 Å². The molecule has 1 heteroatoms. The van der Waals surface area contributed by atoms with Crippen LogP contribution in [0.4, 0.5) is 4.39 Å². The van der Waals surface area contributed by atoms with Gasteiger partial charge in [-0.15, -0.1) is 0 Å². The molecule has 2 aromatic carbocycles. The van der Waals surface area contributed by atoms with Crippen LogP contribution in [0.2, 0.25) is 0 Å². The molecule has 0 spiro atoms. The van der Waals surface area contributed by atoms with Crippen LogP contribution in [0.15, 0.2) is 48.5 Å². The highest BCUT2D eigenvalue weighted by Crippen LogP contribution is 2.44. The SMILES string of the molecule is CCCc1ccc(-c2ccc(C3CCC(C4CCC(CCF)CC4)CC3)cc2)cc1. The van der Waals surface area contributed by atoms with Crippen molar-refractivity contribution in [2.24, 2.45) is 17.8 Å². The third-order valence-electron chi connectivity index (χ3n) is 8.06. The van der Waals surface area contributed by atoms with Crippen molar-refractivity contribution in [3.8, 4) is 11.1 Å². The highest BCUT2D eigenvalue weighted by atomic mass is 19.1. The van der Waals surface area contributed by atoms with Crippen molar-refractivity contribution in [2.45, 2.75) is 83.5 Å².